The second-order valence-corrected chi connectivity index (χ2v) is 13.0. The van der Waals surface area contributed by atoms with E-state index in [1.54, 1.807) is 61.2 Å². The van der Waals surface area contributed by atoms with E-state index in [9.17, 15) is 17.6 Å². The predicted molar refractivity (Wildman–Crippen MR) is 174 cm³/mol. The molecule has 7 aromatic rings. The SMILES string of the molecule is CS(=O)(=O)C(N)c1cc(F)cc(-c2nccc3[nH]c(-c4n[nH]c5cnc(-c6cncc(NC(=O)c7ccccc7)c6)cc45)cc23)c1. The first-order valence-corrected chi connectivity index (χ1v) is 16.0. The van der Waals surface area contributed by atoms with Gasteiger partial charge in [0.25, 0.3) is 5.91 Å². The van der Waals surface area contributed by atoms with Gasteiger partial charge < -0.3 is 16.0 Å². The lowest BCUT2D eigenvalue weighted by Gasteiger charge is -2.12. The fourth-order valence-electron chi connectivity index (χ4n) is 5.29. The minimum Gasteiger partial charge on any atom is -0.353 e. The van der Waals surface area contributed by atoms with Crippen LogP contribution in [0.3, 0.4) is 0 Å². The number of nitrogens with zero attached hydrogens (tertiary/aromatic N) is 4. The van der Waals surface area contributed by atoms with Crippen molar-refractivity contribution in [1.29, 1.82) is 0 Å². The molecule has 1 unspecified atom stereocenters. The third kappa shape index (κ3) is 5.49. The van der Waals surface area contributed by atoms with Crippen molar-refractivity contribution in [3.63, 3.8) is 0 Å². The van der Waals surface area contributed by atoms with Crippen LogP contribution in [0, 0.1) is 5.82 Å². The molecule has 0 aliphatic heterocycles. The normalized spacial score (nSPS) is 12.4. The molecule has 228 valence electrons. The number of halogens is 1. The Bertz CT molecular complexity index is 2390. The van der Waals surface area contributed by atoms with E-state index in [2.05, 4.69) is 35.5 Å². The highest BCUT2D eigenvalue weighted by molar-refractivity contribution is 7.90. The van der Waals surface area contributed by atoms with Crippen LogP contribution in [0.2, 0.25) is 0 Å². The Morgan fingerprint density at radius 3 is 2.50 bits per heavy atom. The van der Waals surface area contributed by atoms with Crippen molar-refractivity contribution in [2.75, 3.05) is 11.6 Å². The Morgan fingerprint density at radius 2 is 1.70 bits per heavy atom. The molecule has 0 fully saturated rings. The van der Waals surface area contributed by atoms with E-state index in [-0.39, 0.29) is 11.5 Å². The summed E-state index contributed by atoms with van der Waals surface area (Å²) in [5.74, 6) is -0.877. The second-order valence-electron chi connectivity index (χ2n) is 10.8. The molecular weight excluding hydrogens is 607 g/mol. The van der Waals surface area contributed by atoms with Gasteiger partial charge in [-0.05, 0) is 60.2 Å². The van der Waals surface area contributed by atoms with Crippen molar-refractivity contribution >= 4 is 43.2 Å². The zero-order valence-electron chi connectivity index (χ0n) is 24.2. The van der Waals surface area contributed by atoms with E-state index in [0.29, 0.717) is 56.1 Å². The zero-order chi connectivity index (χ0) is 32.0. The summed E-state index contributed by atoms with van der Waals surface area (Å²) < 4.78 is 38.8. The number of benzene rings is 2. The number of nitrogens with two attached hydrogens (primary N) is 1. The number of hydrogen-bond donors (Lipinski definition) is 4. The van der Waals surface area contributed by atoms with Gasteiger partial charge in [-0.2, -0.15) is 5.10 Å². The Kier molecular flexibility index (Phi) is 7.11. The summed E-state index contributed by atoms with van der Waals surface area (Å²) in [5, 5.41) is 10.5. The molecule has 0 aliphatic rings. The summed E-state index contributed by atoms with van der Waals surface area (Å²) in [4.78, 5) is 29.4. The average Bonchev–Trinajstić information content (AvgIpc) is 3.68. The smallest absolute Gasteiger partial charge is 0.255 e. The summed E-state index contributed by atoms with van der Waals surface area (Å²) in [7, 11) is -3.66. The molecule has 11 nitrogen and oxygen atoms in total. The van der Waals surface area contributed by atoms with Gasteiger partial charge in [-0.15, -0.1) is 0 Å². The predicted octanol–water partition coefficient (Wildman–Crippen LogP) is 5.62. The molecule has 2 aromatic carbocycles. The van der Waals surface area contributed by atoms with Crippen LogP contribution < -0.4 is 11.1 Å². The van der Waals surface area contributed by atoms with Gasteiger partial charge in [-0.1, -0.05) is 18.2 Å². The van der Waals surface area contributed by atoms with Crippen molar-refractivity contribution in [1.82, 2.24) is 30.1 Å². The molecule has 0 bridgehead atoms. The van der Waals surface area contributed by atoms with Gasteiger partial charge in [-0.3, -0.25) is 24.8 Å². The van der Waals surface area contributed by atoms with Crippen LogP contribution >= 0.6 is 0 Å². The number of carbonyl (C=O) groups excluding carboxylic acids is 1. The molecule has 1 atom stereocenters. The number of pyridine rings is 3. The number of fused-ring (bicyclic) bond motifs is 2. The molecule has 0 saturated carbocycles. The van der Waals surface area contributed by atoms with Gasteiger partial charge in [0, 0.05) is 51.6 Å². The zero-order valence-corrected chi connectivity index (χ0v) is 25.0. The quantitative estimate of drug-likeness (QED) is 0.175. The number of aromatic nitrogens is 6. The Labute approximate surface area is 261 Å². The van der Waals surface area contributed by atoms with Gasteiger partial charge in [0.15, 0.2) is 9.84 Å². The summed E-state index contributed by atoms with van der Waals surface area (Å²) in [6.45, 7) is 0. The van der Waals surface area contributed by atoms with Crippen molar-refractivity contribution in [2.45, 2.75) is 5.37 Å². The summed E-state index contributed by atoms with van der Waals surface area (Å²) in [5.41, 5.74) is 11.9. The van der Waals surface area contributed by atoms with Gasteiger partial charge in [-0.25, -0.2) is 12.8 Å². The number of H-pyrrole nitrogens is 2. The van der Waals surface area contributed by atoms with E-state index >= 15 is 0 Å². The van der Waals surface area contributed by atoms with E-state index < -0.39 is 21.0 Å². The number of carbonyl (C=O) groups is 1. The first-order valence-electron chi connectivity index (χ1n) is 14.0. The molecule has 46 heavy (non-hydrogen) atoms. The fourth-order valence-corrected chi connectivity index (χ4v) is 5.92. The number of aromatic amines is 2. The molecule has 1 amide bonds. The summed E-state index contributed by atoms with van der Waals surface area (Å²) in [6.07, 6.45) is 7.49. The standard InChI is InChI=1S/C33H25FN8O3S/c1-46(44,45)32(35)20-9-19(10-22(34)11-20)30-24-14-28(40-26(24)7-8-37-30)31-25-13-27(38-17-29(25)41-42-31)21-12-23(16-36-15-21)39-33(43)18-5-3-2-4-6-18/h2-17,32,40H,35H2,1H3,(H,39,43)(H,41,42). The highest BCUT2D eigenvalue weighted by Crippen LogP contribution is 2.35. The highest BCUT2D eigenvalue weighted by atomic mass is 32.2. The number of sulfone groups is 1. The minimum atomic E-state index is -3.66. The molecular formula is C33H25FN8O3S. The average molecular weight is 633 g/mol. The van der Waals surface area contributed by atoms with E-state index in [4.69, 9.17) is 5.73 Å². The van der Waals surface area contributed by atoms with Crippen molar-refractivity contribution in [3.05, 3.63) is 115 Å². The monoisotopic (exact) mass is 632 g/mol. The van der Waals surface area contributed by atoms with Gasteiger partial charge in [0.1, 0.15) is 16.9 Å². The lowest BCUT2D eigenvalue weighted by Crippen LogP contribution is -2.20. The number of nitrogens with one attached hydrogen (secondary N) is 3. The number of anilines is 1. The van der Waals surface area contributed by atoms with Gasteiger partial charge in [0.2, 0.25) is 0 Å². The maximum absolute atomic E-state index is 14.7. The molecule has 0 spiro atoms. The van der Waals surface area contributed by atoms with Crippen LogP contribution in [0.4, 0.5) is 10.1 Å². The molecule has 7 rings (SSSR count). The van der Waals surface area contributed by atoms with Gasteiger partial charge in [0.05, 0.1) is 40.7 Å². The van der Waals surface area contributed by atoms with E-state index in [1.807, 2.05) is 18.2 Å². The minimum absolute atomic E-state index is 0.128. The topological polar surface area (TPSA) is 172 Å². The first-order chi connectivity index (χ1) is 22.1. The first kappa shape index (κ1) is 29.0. The molecule has 5 heterocycles. The molecule has 5 aromatic heterocycles. The third-order valence-electron chi connectivity index (χ3n) is 7.56. The van der Waals surface area contributed by atoms with Crippen LogP contribution in [0.15, 0.2) is 97.6 Å². The highest BCUT2D eigenvalue weighted by Gasteiger charge is 2.21. The van der Waals surface area contributed by atoms with Crippen LogP contribution in [0.25, 0.3) is 55.7 Å². The van der Waals surface area contributed by atoms with Gasteiger partial charge >= 0.3 is 0 Å². The van der Waals surface area contributed by atoms with Crippen LogP contribution in [-0.2, 0) is 9.84 Å². The van der Waals surface area contributed by atoms with Crippen LogP contribution in [0.1, 0.15) is 21.3 Å². The number of rotatable bonds is 7. The Morgan fingerprint density at radius 1 is 0.891 bits per heavy atom. The molecule has 0 saturated heterocycles. The van der Waals surface area contributed by atoms with Crippen LogP contribution in [-0.4, -0.2) is 50.7 Å². The third-order valence-corrected chi connectivity index (χ3v) is 8.76. The number of amides is 1. The van der Waals surface area contributed by atoms with Crippen LogP contribution in [0.5, 0.6) is 0 Å². The molecule has 13 heteroatoms. The van der Waals surface area contributed by atoms with Crippen molar-refractivity contribution < 1.29 is 17.6 Å². The molecule has 0 radical (unpaired) electrons. The largest absolute Gasteiger partial charge is 0.353 e. The Balaban J connectivity index is 1.25. The lowest BCUT2D eigenvalue weighted by molar-refractivity contribution is 0.102. The fraction of sp³-hybridized carbons (Fsp3) is 0.0606. The van der Waals surface area contributed by atoms with E-state index in [1.165, 1.54) is 12.1 Å². The maximum Gasteiger partial charge on any atom is 0.255 e. The maximum atomic E-state index is 14.7. The molecule has 0 aliphatic carbocycles. The van der Waals surface area contributed by atoms with Crippen molar-refractivity contribution in [2.24, 2.45) is 5.73 Å². The Hall–Kier alpha value is -5.79. The summed E-state index contributed by atoms with van der Waals surface area (Å²) in [6, 6.07) is 20.2. The summed E-state index contributed by atoms with van der Waals surface area (Å²) >= 11 is 0. The second kappa shape index (κ2) is 11.3. The molecule has 5 N–H and O–H groups in total. The van der Waals surface area contributed by atoms with E-state index in [0.717, 1.165) is 23.2 Å². The number of hydrogen-bond acceptors (Lipinski definition) is 8. The lowest BCUT2D eigenvalue weighted by atomic mass is 10.0. The van der Waals surface area contributed by atoms with Crippen molar-refractivity contribution in [3.8, 4) is 33.9 Å².